The third kappa shape index (κ3) is 2.36. The summed E-state index contributed by atoms with van der Waals surface area (Å²) in [6, 6.07) is 12.6. The van der Waals surface area contributed by atoms with Crippen LogP contribution in [0.1, 0.15) is 10.4 Å². The monoisotopic (exact) mass is 230 g/mol. The molecule has 2 aromatic carbocycles. The number of carbonyl (C=O) groups is 1. The maximum Gasteiger partial charge on any atom is 0.347 e. The Morgan fingerprint density at radius 1 is 0.941 bits per heavy atom. The zero-order valence-corrected chi connectivity index (χ0v) is 8.83. The number of carbonyl (C=O) groups excluding carboxylic acids is 1. The summed E-state index contributed by atoms with van der Waals surface area (Å²) >= 11 is 0. The van der Waals surface area contributed by atoms with Crippen LogP contribution in [-0.2, 0) is 0 Å². The van der Waals surface area contributed by atoms with Gasteiger partial charge in [0.05, 0.1) is 0 Å². The third-order valence-corrected chi connectivity index (χ3v) is 2.19. The van der Waals surface area contributed by atoms with Gasteiger partial charge >= 0.3 is 5.97 Å². The fourth-order valence-electron chi connectivity index (χ4n) is 1.35. The summed E-state index contributed by atoms with van der Waals surface area (Å²) in [5.74, 6) is -1.18. The molecule has 0 amide bonds. The minimum Gasteiger partial charge on any atom is -0.504 e. The molecule has 0 aliphatic carbocycles. The highest BCUT2D eigenvalue weighted by Gasteiger charge is 2.15. The van der Waals surface area contributed by atoms with E-state index in [1.807, 2.05) is 0 Å². The Kier molecular flexibility index (Phi) is 2.96. The van der Waals surface area contributed by atoms with Crippen LogP contribution in [-0.4, -0.2) is 16.2 Å². The first-order valence-electron chi connectivity index (χ1n) is 4.96. The van der Waals surface area contributed by atoms with Crippen LogP contribution in [0.25, 0.3) is 0 Å². The average Bonchev–Trinajstić information content (AvgIpc) is 2.34. The van der Waals surface area contributed by atoms with Crippen LogP contribution in [0, 0.1) is 0 Å². The van der Waals surface area contributed by atoms with Crippen LogP contribution in [0.5, 0.6) is 17.2 Å². The number of hydrogen-bond donors (Lipinski definition) is 2. The van der Waals surface area contributed by atoms with Gasteiger partial charge in [-0.15, -0.1) is 0 Å². The van der Waals surface area contributed by atoms with Crippen molar-refractivity contribution in [2.24, 2.45) is 0 Å². The Balaban J connectivity index is 2.24. The second-order valence-electron chi connectivity index (χ2n) is 3.38. The number of para-hydroxylation sites is 2. The molecule has 2 N–H and O–H groups in total. The third-order valence-electron chi connectivity index (χ3n) is 2.19. The maximum atomic E-state index is 11.7. The zero-order valence-electron chi connectivity index (χ0n) is 8.83. The maximum absolute atomic E-state index is 11.7. The average molecular weight is 230 g/mol. The molecule has 0 aliphatic rings. The molecule has 0 radical (unpaired) electrons. The summed E-state index contributed by atoms with van der Waals surface area (Å²) in [5.41, 5.74) is -0.0751. The van der Waals surface area contributed by atoms with E-state index in [2.05, 4.69) is 0 Å². The number of phenols is 2. The first kappa shape index (κ1) is 11.0. The van der Waals surface area contributed by atoms with Crippen LogP contribution < -0.4 is 4.74 Å². The highest BCUT2D eigenvalue weighted by Crippen LogP contribution is 2.28. The number of rotatable bonds is 2. The van der Waals surface area contributed by atoms with Gasteiger partial charge in [0.15, 0.2) is 11.5 Å². The molecule has 0 spiro atoms. The number of aromatic hydroxyl groups is 2. The molecule has 17 heavy (non-hydrogen) atoms. The largest absolute Gasteiger partial charge is 0.504 e. The van der Waals surface area contributed by atoms with Crippen LogP contribution in [0.4, 0.5) is 0 Å². The molecule has 0 unspecified atom stereocenters. The van der Waals surface area contributed by atoms with Gasteiger partial charge in [-0.05, 0) is 24.3 Å². The lowest BCUT2D eigenvalue weighted by atomic mass is 10.2. The van der Waals surface area contributed by atoms with Gasteiger partial charge in [0.2, 0.25) is 0 Å². The molecule has 0 aliphatic heterocycles. The van der Waals surface area contributed by atoms with Gasteiger partial charge in [0.1, 0.15) is 11.3 Å². The second-order valence-corrected chi connectivity index (χ2v) is 3.38. The zero-order chi connectivity index (χ0) is 12.3. The molecular formula is C13H10O4. The van der Waals surface area contributed by atoms with Gasteiger partial charge in [-0.3, -0.25) is 0 Å². The van der Waals surface area contributed by atoms with Crippen molar-refractivity contribution in [3.05, 3.63) is 54.1 Å². The summed E-state index contributed by atoms with van der Waals surface area (Å²) in [6.07, 6.45) is 0. The first-order chi connectivity index (χ1) is 8.18. The summed E-state index contributed by atoms with van der Waals surface area (Å²) in [4.78, 5) is 11.7. The van der Waals surface area contributed by atoms with Gasteiger partial charge in [-0.1, -0.05) is 24.3 Å². The lowest BCUT2D eigenvalue weighted by Crippen LogP contribution is -2.08. The van der Waals surface area contributed by atoms with E-state index in [4.69, 9.17) is 4.74 Å². The van der Waals surface area contributed by atoms with E-state index in [0.29, 0.717) is 5.75 Å². The molecule has 2 aromatic rings. The van der Waals surface area contributed by atoms with Crippen LogP contribution in [0.15, 0.2) is 48.5 Å². The van der Waals surface area contributed by atoms with E-state index in [1.165, 1.54) is 18.2 Å². The molecule has 0 saturated heterocycles. The molecule has 4 nitrogen and oxygen atoms in total. The standard InChI is InChI=1S/C13H10O4/c14-11-8-4-7-10(12(11)15)13(16)17-9-5-2-1-3-6-9/h1-8,14-15H. The predicted octanol–water partition coefficient (Wildman–Crippen LogP) is 2.32. The minimum atomic E-state index is -0.718. The minimum absolute atomic E-state index is 0.0751. The van der Waals surface area contributed by atoms with E-state index >= 15 is 0 Å². The molecular weight excluding hydrogens is 220 g/mol. The number of esters is 1. The lowest BCUT2D eigenvalue weighted by Gasteiger charge is -2.06. The summed E-state index contributed by atoms with van der Waals surface area (Å²) in [7, 11) is 0. The van der Waals surface area contributed by atoms with Crippen molar-refractivity contribution in [1.82, 2.24) is 0 Å². The van der Waals surface area contributed by atoms with Crippen molar-refractivity contribution in [2.45, 2.75) is 0 Å². The summed E-state index contributed by atoms with van der Waals surface area (Å²) in [5, 5.41) is 18.8. The number of hydrogen-bond acceptors (Lipinski definition) is 4. The van der Waals surface area contributed by atoms with Crippen molar-refractivity contribution in [3.8, 4) is 17.2 Å². The molecule has 0 aromatic heterocycles. The number of phenolic OH excluding ortho intramolecular Hbond substituents is 2. The van der Waals surface area contributed by atoms with Gasteiger partial charge in [0.25, 0.3) is 0 Å². The van der Waals surface area contributed by atoms with Crippen molar-refractivity contribution in [3.63, 3.8) is 0 Å². The van der Waals surface area contributed by atoms with Crippen molar-refractivity contribution in [1.29, 1.82) is 0 Å². The van der Waals surface area contributed by atoms with E-state index < -0.39 is 11.7 Å². The molecule has 0 saturated carbocycles. The van der Waals surface area contributed by atoms with Gasteiger partial charge in [-0.25, -0.2) is 4.79 Å². The van der Waals surface area contributed by atoms with Gasteiger partial charge in [-0.2, -0.15) is 0 Å². The van der Waals surface area contributed by atoms with Gasteiger partial charge < -0.3 is 14.9 Å². The van der Waals surface area contributed by atoms with Crippen LogP contribution >= 0.6 is 0 Å². The second kappa shape index (κ2) is 4.57. The van der Waals surface area contributed by atoms with E-state index in [9.17, 15) is 15.0 Å². The predicted molar refractivity (Wildman–Crippen MR) is 61.2 cm³/mol. The molecule has 0 atom stereocenters. The normalized spacial score (nSPS) is 9.88. The first-order valence-corrected chi connectivity index (χ1v) is 4.96. The molecule has 0 fully saturated rings. The fraction of sp³-hybridized carbons (Fsp3) is 0. The Morgan fingerprint density at radius 2 is 1.65 bits per heavy atom. The smallest absolute Gasteiger partial charge is 0.347 e. The Morgan fingerprint density at radius 3 is 2.35 bits per heavy atom. The van der Waals surface area contributed by atoms with Crippen molar-refractivity contribution >= 4 is 5.97 Å². The molecule has 0 bridgehead atoms. The Bertz CT molecular complexity index is 534. The topological polar surface area (TPSA) is 66.8 Å². The molecule has 2 rings (SSSR count). The van der Waals surface area contributed by atoms with E-state index in [0.717, 1.165) is 0 Å². The van der Waals surface area contributed by atoms with Crippen LogP contribution in [0.2, 0.25) is 0 Å². The van der Waals surface area contributed by atoms with E-state index in [1.54, 1.807) is 30.3 Å². The summed E-state index contributed by atoms with van der Waals surface area (Å²) in [6.45, 7) is 0. The number of ether oxygens (including phenoxy) is 1. The highest BCUT2D eigenvalue weighted by atomic mass is 16.5. The molecule has 4 heteroatoms. The van der Waals surface area contributed by atoms with Crippen molar-refractivity contribution < 1.29 is 19.7 Å². The van der Waals surface area contributed by atoms with Crippen LogP contribution in [0.3, 0.4) is 0 Å². The van der Waals surface area contributed by atoms with Crippen molar-refractivity contribution in [2.75, 3.05) is 0 Å². The Hall–Kier alpha value is -2.49. The van der Waals surface area contributed by atoms with E-state index in [-0.39, 0.29) is 11.3 Å². The number of benzene rings is 2. The highest BCUT2D eigenvalue weighted by molar-refractivity contribution is 5.94. The quantitative estimate of drug-likeness (QED) is 0.472. The van der Waals surface area contributed by atoms with Gasteiger partial charge in [0, 0.05) is 0 Å². The SMILES string of the molecule is O=C(Oc1ccccc1)c1cccc(O)c1O. The fourth-order valence-corrected chi connectivity index (χ4v) is 1.35. The lowest BCUT2D eigenvalue weighted by molar-refractivity contribution is 0.0731. The molecule has 86 valence electrons. The Labute approximate surface area is 97.7 Å². The molecule has 0 heterocycles. The summed E-state index contributed by atoms with van der Waals surface area (Å²) < 4.78 is 5.03.